The first-order chi connectivity index (χ1) is 4.81. The highest BCUT2D eigenvalue weighted by Crippen LogP contribution is 2.01. The molecule has 0 heterocycles. The first kappa shape index (κ1) is 9.37. The summed E-state index contributed by atoms with van der Waals surface area (Å²) >= 11 is 0. The van der Waals surface area contributed by atoms with Crippen LogP contribution < -0.4 is 5.32 Å². The maximum Gasteiger partial charge on any atom is 0.0994 e. The number of halogens is 1. The van der Waals surface area contributed by atoms with E-state index in [9.17, 15) is 4.39 Å². The smallest absolute Gasteiger partial charge is 0.0994 e. The molecule has 0 aliphatic carbocycles. The Labute approximate surface area is 61.6 Å². The Morgan fingerprint density at radius 3 is 2.70 bits per heavy atom. The maximum atomic E-state index is 12.3. The lowest BCUT2D eigenvalue weighted by Gasteiger charge is -1.88. The third-order valence-corrected chi connectivity index (χ3v) is 1.11. The number of rotatable bonds is 4. The minimum absolute atomic E-state index is 0.0765. The molecular formula is C8H14FN. The van der Waals surface area contributed by atoms with Crippen molar-refractivity contribution < 1.29 is 4.39 Å². The summed E-state index contributed by atoms with van der Waals surface area (Å²) in [5, 5.41) is 2.93. The van der Waals surface area contributed by atoms with Crippen LogP contribution in [0.5, 0.6) is 0 Å². The lowest BCUT2D eigenvalue weighted by atomic mass is 10.3. The summed E-state index contributed by atoms with van der Waals surface area (Å²) in [6.07, 6.45) is 5.61. The highest BCUT2D eigenvalue weighted by Gasteiger charge is 1.84. The Morgan fingerprint density at radius 2 is 2.20 bits per heavy atom. The van der Waals surface area contributed by atoms with E-state index in [1.165, 1.54) is 6.08 Å². The van der Waals surface area contributed by atoms with E-state index in [1.54, 1.807) is 6.92 Å². The molecule has 0 bridgehead atoms. The largest absolute Gasteiger partial charge is 0.316 e. The van der Waals surface area contributed by atoms with Gasteiger partial charge in [-0.15, -0.1) is 0 Å². The van der Waals surface area contributed by atoms with E-state index in [-0.39, 0.29) is 5.83 Å². The van der Waals surface area contributed by atoms with Gasteiger partial charge in [0, 0.05) is 13.0 Å². The van der Waals surface area contributed by atoms with Crippen molar-refractivity contribution in [2.24, 2.45) is 0 Å². The average Bonchev–Trinajstić information content (AvgIpc) is 1.98. The summed E-state index contributed by atoms with van der Waals surface area (Å²) < 4.78 is 12.3. The van der Waals surface area contributed by atoms with Crippen LogP contribution >= 0.6 is 0 Å². The lowest BCUT2D eigenvalue weighted by molar-refractivity contribution is 0.615. The summed E-state index contributed by atoms with van der Waals surface area (Å²) in [6, 6.07) is 0. The van der Waals surface area contributed by atoms with Crippen molar-refractivity contribution in [2.45, 2.75) is 13.3 Å². The van der Waals surface area contributed by atoms with Gasteiger partial charge in [-0.05, 0) is 14.0 Å². The third kappa shape index (κ3) is 5.51. The Hall–Kier alpha value is -0.630. The molecule has 0 fully saturated rings. The van der Waals surface area contributed by atoms with Crippen molar-refractivity contribution in [3.63, 3.8) is 0 Å². The normalized spacial score (nSPS) is 12.9. The second-order valence-corrected chi connectivity index (χ2v) is 1.97. The van der Waals surface area contributed by atoms with Crippen LogP contribution in [0.15, 0.2) is 24.1 Å². The second-order valence-electron chi connectivity index (χ2n) is 1.97. The quantitative estimate of drug-likeness (QED) is 0.594. The van der Waals surface area contributed by atoms with Crippen molar-refractivity contribution in [3.05, 3.63) is 24.1 Å². The summed E-state index contributed by atoms with van der Waals surface area (Å²) in [5.74, 6) is -0.0765. The standard InChI is InChI=1S/C8H14FN/c1-3-8(9)6-4-5-7-10-2/h3-5,10H,6-7H2,1-2H3/b5-4-,8-3+. The first-order valence-corrected chi connectivity index (χ1v) is 3.41. The monoisotopic (exact) mass is 143 g/mol. The van der Waals surface area contributed by atoms with E-state index >= 15 is 0 Å². The zero-order valence-corrected chi connectivity index (χ0v) is 6.52. The average molecular weight is 143 g/mol. The molecule has 0 aromatic rings. The molecule has 0 amide bonds. The van der Waals surface area contributed by atoms with E-state index in [0.717, 1.165) is 6.54 Å². The van der Waals surface area contributed by atoms with Gasteiger partial charge < -0.3 is 5.32 Å². The van der Waals surface area contributed by atoms with E-state index in [2.05, 4.69) is 5.32 Å². The SMILES string of the molecule is C/C=C(/F)C/C=C\CNC. The molecule has 0 aliphatic rings. The number of nitrogens with one attached hydrogen (secondary N) is 1. The van der Waals surface area contributed by atoms with Gasteiger partial charge in [-0.2, -0.15) is 0 Å². The van der Waals surface area contributed by atoms with Gasteiger partial charge in [-0.3, -0.25) is 0 Å². The summed E-state index contributed by atoms with van der Waals surface area (Å²) in [4.78, 5) is 0. The van der Waals surface area contributed by atoms with Crippen LogP contribution in [0, 0.1) is 0 Å². The minimum Gasteiger partial charge on any atom is -0.316 e. The van der Waals surface area contributed by atoms with Gasteiger partial charge in [0.15, 0.2) is 0 Å². The summed E-state index contributed by atoms with van der Waals surface area (Å²) in [5.41, 5.74) is 0. The zero-order chi connectivity index (χ0) is 7.82. The molecule has 0 atom stereocenters. The number of likely N-dealkylation sites (N-methyl/N-ethyl adjacent to an activating group) is 1. The van der Waals surface area contributed by atoms with Crippen LogP contribution in [0.2, 0.25) is 0 Å². The van der Waals surface area contributed by atoms with Gasteiger partial charge in [-0.1, -0.05) is 18.2 Å². The molecular weight excluding hydrogens is 129 g/mol. The van der Waals surface area contributed by atoms with Crippen molar-refractivity contribution >= 4 is 0 Å². The maximum absolute atomic E-state index is 12.3. The van der Waals surface area contributed by atoms with Crippen molar-refractivity contribution in [2.75, 3.05) is 13.6 Å². The van der Waals surface area contributed by atoms with E-state index in [0.29, 0.717) is 6.42 Å². The summed E-state index contributed by atoms with van der Waals surface area (Å²) in [6.45, 7) is 2.50. The predicted molar refractivity (Wildman–Crippen MR) is 42.5 cm³/mol. The van der Waals surface area contributed by atoms with Crippen LogP contribution in [-0.2, 0) is 0 Å². The molecule has 10 heavy (non-hydrogen) atoms. The molecule has 0 radical (unpaired) electrons. The molecule has 0 spiro atoms. The van der Waals surface area contributed by atoms with Gasteiger partial charge in [0.2, 0.25) is 0 Å². The molecule has 0 unspecified atom stereocenters. The van der Waals surface area contributed by atoms with Crippen molar-refractivity contribution in [1.29, 1.82) is 0 Å². The fraction of sp³-hybridized carbons (Fsp3) is 0.500. The fourth-order valence-corrected chi connectivity index (χ4v) is 0.515. The van der Waals surface area contributed by atoms with E-state index in [1.807, 2.05) is 19.2 Å². The number of allylic oxidation sites excluding steroid dienone is 3. The molecule has 0 aromatic carbocycles. The lowest BCUT2D eigenvalue weighted by Crippen LogP contribution is -2.03. The van der Waals surface area contributed by atoms with Gasteiger partial charge >= 0.3 is 0 Å². The zero-order valence-electron chi connectivity index (χ0n) is 6.52. The van der Waals surface area contributed by atoms with E-state index in [4.69, 9.17) is 0 Å². The third-order valence-electron chi connectivity index (χ3n) is 1.11. The van der Waals surface area contributed by atoms with Crippen LogP contribution in [0.4, 0.5) is 4.39 Å². The van der Waals surface area contributed by atoms with Gasteiger partial charge in [0.05, 0.1) is 5.83 Å². The molecule has 0 saturated heterocycles. The highest BCUT2D eigenvalue weighted by atomic mass is 19.1. The highest BCUT2D eigenvalue weighted by molar-refractivity contribution is 4.98. The van der Waals surface area contributed by atoms with Crippen LogP contribution in [0.25, 0.3) is 0 Å². The first-order valence-electron chi connectivity index (χ1n) is 3.41. The number of hydrogen-bond acceptors (Lipinski definition) is 1. The Bertz CT molecular complexity index is 127. The molecule has 2 heteroatoms. The van der Waals surface area contributed by atoms with Crippen LogP contribution in [-0.4, -0.2) is 13.6 Å². The van der Waals surface area contributed by atoms with Crippen molar-refractivity contribution in [1.82, 2.24) is 5.32 Å². The minimum atomic E-state index is -0.0765. The fourth-order valence-electron chi connectivity index (χ4n) is 0.515. The molecule has 0 aliphatic heterocycles. The van der Waals surface area contributed by atoms with E-state index < -0.39 is 0 Å². The topological polar surface area (TPSA) is 12.0 Å². The number of hydrogen-bond donors (Lipinski definition) is 1. The second kappa shape index (κ2) is 6.49. The Kier molecular flexibility index (Phi) is 6.08. The van der Waals surface area contributed by atoms with Gasteiger partial charge in [0.25, 0.3) is 0 Å². The molecule has 1 N–H and O–H groups in total. The van der Waals surface area contributed by atoms with Crippen molar-refractivity contribution in [3.8, 4) is 0 Å². The van der Waals surface area contributed by atoms with Crippen LogP contribution in [0.3, 0.4) is 0 Å². The van der Waals surface area contributed by atoms with Gasteiger partial charge in [0.1, 0.15) is 0 Å². The Balaban J connectivity index is 3.34. The molecule has 1 nitrogen and oxygen atoms in total. The summed E-state index contributed by atoms with van der Waals surface area (Å²) in [7, 11) is 1.86. The molecule has 0 rings (SSSR count). The van der Waals surface area contributed by atoms with Crippen LogP contribution in [0.1, 0.15) is 13.3 Å². The predicted octanol–water partition coefficient (Wildman–Crippen LogP) is 2.03. The Morgan fingerprint density at radius 1 is 1.50 bits per heavy atom. The van der Waals surface area contributed by atoms with Gasteiger partial charge in [-0.25, -0.2) is 4.39 Å². The molecule has 0 aromatic heterocycles. The molecule has 58 valence electrons. The molecule has 0 saturated carbocycles.